The van der Waals surface area contributed by atoms with E-state index in [9.17, 15) is 17.6 Å². The summed E-state index contributed by atoms with van der Waals surface area (Å²) in [6.07, 6.45) is 12.3. The van der Waals surface area contributed by atoms with Crippen molar-refractivity contribution in [2.24, 2.45) is 29.6 Å². The smallest absolute Gasteiger partial charge is 0.248 e. The largest absolute Gasteiger partial charge is 0.494 e. The SMILES string of the molecule is COc1ccc(C2CCC(C3CCC(C4CCC(C(C)(F)F)CC4)CC3)CC2)c(F)c1F. The summed E-state index contributed by atoms with van der Waals surface area (Å²) >= 11 is 0. The van der Waals surface area contributed by atoms with Crippen LogP contribution in [0.15, 0.2) is 12.1 Å². The Morgan fingerprint density at radius 2 is 1.12 bits per heavy atom. The van der Waals surface area contributed by atoms with E-state index in [0.717, 1.165) is 51.4 Å². The summed E-state index contributed by atoms with van der Waals surface area (Å²) in [5.41, 5.74) is 0.499. The molecule has 0 bridgehead atoms. The number of methoxy groups -OCH3 is 1. The van der Waals surface area contributed by atoms with Gasteiger partial charge in [0.2, 0.25) is 11.7 Å². The summed E-state index contributed by atoms with van der Waals surface area (Å²) in [6.45, 7) is 1.08. The van der Waals surface area contributed by atoms with Crippen LogP contribution in [0.1, 0.15) is 95.5 Å². The second-order valence-corrected chi connectivity index (χ2v) is 10.8. The van der Waals surface area contributed by atoms with Gasteiger partial charge >= 0.3 is 0 Å². The highest BCUT2D eigenvalue weighted by molar-refractivity contribution is 5.33. The lowest BCUT2D eigenvalue weighted by molar-refractivity contribution is -0.0621. The summed E-state index contributed by atoms with van der Waals surface area (Å²) in [6, 6.07) is 3.23. The van der Waals surface area contributed by atoms with Crippen molar-refractivity contribution in [3.63, 3.8) is 0 Å². The molecule has 0 unspecified atom stereocenters. The molecule has 0 spiro atoms. The molecule has 180 valence electrons. The number of benzene rings is 1. The molecule has 3 saturated carbocycles. The predicted octanol–water partition coefficient (Wildman–Crippen LogP) is 8.52. The highest BCUT2D eigenvalue weighted by Gasteiger charge is 2.40. The molecule has 0 radical (unpaired) electrons. The highest BCUT2D eigenvalue weighted by atomic mass is 19.3. The van der Waals surface area contributed by atoms with Gasteiger partial charge in [-0.1, -0.05) is 6.07 Å². The molecule has 0 saturated heterocycles. The van der Waals surface area contributed by atoms with Gasteiger partial charge in [0.1, 0.15) is 0 Å². The second kappa shape index (κ2) is 9.93. The van der Waals surface area contributed by atoms with Crippen LogP contribution in [0.3, 0.4) is 0 Å². The maximum atomic E-state index is 14.5. The first-order chi connectivity index (χ1) is 15.3. The quantitative estimate of drug-likeness (QED) is 0.405. The molecule has 0 aliphatic heterocycles. The highest BCUT2D eigenvalue weighted by Crippen LogP contribution is 2.48. The Kier molecular flexibility index (Phi) is 7.41. The van der Waals surface area contributed by atoms with E-state index in [-0.39, 0.29) is 11.7 Å². The lowest BCUT2D eigenvalue weighted by atomic mass is 9.64. The van der Waals surface area contributed by atoms with Crippen LogP contribution >= 0.6 is 0 Å². The Balaban J connectivity index is 1.24. The topological polar surface area (TPSA) is 9.23 Å². The van der Waals surface area contributed by atoms with Crippen LogP contribution in [-0.4, -0.2) is 13.0 Å². The zero-order valence-corrected chi connectivity index (χ0v) is 19.5. The predicted molar refractivity (Wildman–Crippen MR) is 119 cm³/mol. The van der Waals surface area contributed by atoms with Crippen molar-refractivity contribution in [3.8, 4) is 5.75 Å². The van der Waals surface area contributed by atoms with Crippen molar-refractivity contribution in [3.05, 3.63) is 29.3 Å². The Morgan fingerprint density at radius 3 is 1.56 bits per heavy atom. The minimum atomic E-state index is -2.53. The summed E-state index contributed by atoms with van der Waals surface area (Å²) in [5, 5.41) is 0. The van der Waals surface area contributed by atoms with Gasteiger partial charge in [-0.25, -0.2) is 13.2 Å². The van der Waals surface area contributed by atoms with Crippen molar-refractivity contribution in [2.75, 3.05) is 7.11 Å². The molecule has 5 heteroatoms. The van der Waals surface area contributed by atoms with E-state index in [4.69, 9.17) is 4.74 Å². The lowest BCUT2D eigenvalue weighted by Gasteiger charge is -2.42. The molecule has 3 fully saturated rings. The van der Waals surface area contributed by atoms with Gasteiger partial charge in [0.15, 0.2) is 11.6 Å². The van der Waals surface area contributed by atoms with Crippen LogP contribution in [-0.2, 0) is 0 Å². The van der Waals surface area contributed by atoms with Crippen molar-refractivity contribution in [1.82, 2.24) is 0 Å². The second-order valence-electron chi connectivity index (χ2n) is 10.8. The number of ether oxygens (including phenoxy) is 1. The fraction of sp³-hybridized carbons (Fsp3) is 0.778. The fourth-order valence-corrected chi connectivity index (χ4v) is 7.11. The van der Waals surface area contributed by atoms with Crippen molar-refractivity contribution >= 4 is 0 Å². The van der Waals surface area contributed by atoms with E-state index >= 15 is 0 Å². The number of hydrogen-bond donors (Lipinski definition) is 0. The van der Waals surface area contributed by atoms with E-state index in [0.29, 0.717) is 36.2 Å². The molecule has 3 aliphatic carbocycles. The number of hydrogen-bond acceptors (Lipinski definition) is 1. The molecule has 1 aromatic rings. The monoisotopic (exact) mass is 454 g/mol. The van der Waals surface area contributed by atoms with Gasteiger partial charge in [0, 0.05) is 5.92 Å². The maximum Gasteiger partial charge on any atom is 0.248 e. The molecular weight excluding hydrogens is 416 g/mol. The lowest BCUT2D eigenvalue weighted by Crippen LogP contribution is -2.33. The zero-order valence-electron chi connectivity index (χ0n) is 19.5. The number of halogens is 4. The molecule has 0 amide bonds. The molecule has 3 aliphatic rings. The molecule has 0 atom stereocenters. The van der Waals surface area contributed by atoms with E-state index in [1.54, 1.807) is 6.07 Å². The van der Waals surface area contributed by atoms with Crippen LogP contribution in [0.25, 0.3) is 0 Å². The molecule has 32 heavy (non-hydrogen) atoms. The van der Waals surface area contributed by atoms with E-state index in [1.807, 2.05) is 0 Å². The molecule has 0 aromatic heterocycles. The van der Waals surface area contributed by atoms with Crippen molar-refractivity contribution in [1.29, 1.82) is 0 Å². The van der Waals surface area contributed by atoms with E-state index < -0.39 is 23.5 Å². The average Bonchev–Trinajstić information content (AvgIpc) is 2.81. The number of alkyl halides is 2. The van der Waals surface area contributed by atoms with Crippen LogP contribution in [0, 0.1) is 41.2 Å². The third-order valence-corrected chi connectivity index (χ3v) is 9.15. The zero-order chi connectivity index (χ0) is 22.9. The minimum Gasteiger partial charge on any atom is -0.494 e. The Labute approximate surface area is 190 Å². The summed E-state index contributed by atoms with van der Waals surface area (Å²) < 4.78 is 60.7. The minimum absolute atomic E-state index is 0.0337. The van der Waals surface area contributed by atoms with E-state index in [2.05, 4.69) is 0 Å². The standard InChI is InChI=1S/C27H38F4O/c1-27(30,31)22-13-11-20(12-14-22)18-5-3-17(4-6-18)19-7-9-21(10-8-19)23-15-16-24(32-2)26(29)25(23)28/h15-22H,3-14H2,1-2H3. The average molecular weight is 455 g/mol. The first-order valence-corrected chi connectivity index (χ1v) is 12.7. The van der Waals surface area contributed by atoms with Crippen LogP contribution < -0.4 is 4.74 Å². The molecule has 0 heterocycles. The Bertz CT molecular complexity index is 750. The van der Waals surface area contributed by atoms with Gasteiger partial charge in [-0.2, -0.15) is 4.39 Å². The summed E-state index contributed by atoms with van der Waals surface area (Å²) in [7, 11) is 1.35. The van der Waals surface area contributed by atoms with Gasteiger partial charge in [-0.15, -0.1) is 0 Å². The molecule has 1 aromatic carbocycles. The summed E-state index contributed by atoms with van der Waals surface area (Å²) in [4.78, 5) is 0. The van der Waals surface area contributed by atoms with Crippen LogP contribution in [0.2, 0.25) is 0 Å². The molecule has 0 N–H and O–H groups in total. The fourth-order valence-electron chi connectivity index (χ4n) is 7.11. The van der Waals surface area contributed by atoms with E-state index in [1.165, 1.54) is 38.9 Å². The first kappa shape index (κ1) is 23.9. The van der Waals surface area contributed by atoms with Gasteiger partial charge in [-0.3, -0.25) is 0 Å². The van der Waals surface area contributed by atoms with Crippen molar-refractivity contribution < 1.29 is 22.3 Å². The van der Waals surface area contributed by atoms with Crippen molar-refractivity contribution in [2.45, 2.75) is 95.8 Å². The number of rotatable bonds is 5. The molecular formula is C27H38F4O. The first-order valence-electron chi connectivity index (χ1n) is 12.7. The molecule has 4 rings (SSSR count). The third kappa shape index (κ3) is 5.12. The Morgan fingerprint density at radius 1 is 0.688 bits per heavy atom. The van der Waals surface area contributed by atoms with Gasteiger partial charge in [-0.05, 0) is 125 Å². The van der Waals surface area contributed by atoms with Crippen LogP contribution in [0.5, 0.6) is 5.75 Å². The summed E-state index contributed by atoms with van der Waals surface area (Å²) in [5.74, 6) is -1.73. The maximum absolute atomic E-state index is 14.5. The van der Waals surface area contributed by atoms with Crippen LogP contribution in [0.4, 0.5) is 17.6 Å². The normalized spacial score (nSPS) is 34.3. The van der Waals surface area contributed by atoms with Gasteiger partial charge in [0.25, 0.3) is 0 Å². The third-order valence-electron chi connectivity index (χ3n) is 9.15. The van der Waals surface area contributed by atoms with Gasteiger partial charge < -0.3 is 4.74 Å². The Hall–Kier alpha value is -1.26. The molecule has 1 nitrogen and oxygen atoms in total. The van der Waals surface area contributed by atoms with Gasteiger partial charge in [0.05, 0.1) is 7.11 Å².